The van der Waals surface area contributed by atoms with E-state index in [2.05, 4.69) is 37.2 Å². The normalized spacial score (nSPS) is 12.8. The molecule has 0 aliphatic rings. The van der Waals surface area contributed by atoms with Crippen LogP contribution in [0.15, 0.2) is 41.0 Å². The van der Waals surface area contributed by atoms with E-state index in [1.165, 1.54) is 11.1 Å². The largest absolute Gasteiger partial charge is 0.468 e. The average molecular weight is 307 g/mol. The Balaban J connectivity index is 2.04. The predicted molar refractivity (Wildman–Crippen MR) is 87.4 cm³/mol. The van der Waals surface area contributed by atoms with Crippen molar-refractivity contribution < 1.29 is 4.42 Å². The molecule has 1 atom stereocenters. The van der Waals surface area contributed by atoms with Gasteiger partial charge >= 0.3 is 0 Å². The summed E-state index contributed by atoms with van der Waals surface area (Å²) in [6.07, 6.45) is 1.76. The third kappa shape index (κ3) is 4.34. The first-order chi connectivity index (χ1) is 10.1. The number of nitrogens with one attached hydrogen (secondary N) is 1. The molecule has 1 aromatic heterocycles. The van der Waals surface area contributed by atoms with Gasteiger partial charge < -0.3 is 9.73 Å². The van der Waals surface area contributed by atoms with Gasteiger partial charge in [0.2, 0.25) is 0 Å². The number of rotatable bonds is 7. The van der Waals surface area contributed by atoms with Gasteiger partial charge in [-0.25, -0.2) is 0 Å². The van der Waals surface area contributed by atoms with Crippen LogP contribution in [0.4, 0.5) is 0 Å². The molecule has 114 valence electrons. The van der Waals surface area contributed by atoms with Gasteiger partial charge in [-0.05, 0) is 44.3 Å². The maximum atomic E-state index is 6.08. The quantitative estimate of drug-likeness (QED) is 0.829. The molecule has 1 heterocycles. The Labute approximate surface area is 131 Å². The first-order valence-corrected chi connectivity index (χ1v) is 7.71. The third-order valence-corrected chi connectivity index (χ3v) is 4.02. The van der Waals surface area contributed by atoms with Crippen molar-refractivity contribution in [3.63, 3.8) is 0 Å². The molecule has 0 aliphatic carbocycles. The van der Waals surface area contributed by atoms with E-state index in [0.29, 0.717) is 6.04 Å². The molecule has 3 nitrogen and oxygen atoms in total. The minimum atomic E-state index is 0.297. The molecule has 0 aliphatic heterocycles. The number of hydrogen-bond donors (Lipinski definition) is 1. The number of halogens is 1. The SMILES string of the molecule is CCNCc1occc1CN(C)C(C)c1cccc(Cl)c1. The number of benzene rings is 1. The van der Waals surface area contributed by atoms with Crippen LogP contribution in [0.25, 0.3) is 0 Å². The van der Waals surface area contributed by atoms with Gasteiger partial charge in [0.05, 0.1) is 12.8 Å². The fourth-order valence-electron chi connectivity index (χ4n) is 2.33. The number of nitrogens with zero attached hydrogens (tertiary/aromatic N) is 1. The maximum absolute atomic E-state index is 6.08. The molecule has 4 heteroatoms. The lowest BCUT2D eigenvalue weighted by atomic mass is 10.1. The molecule has 1 N–H and O–H groups in total. The smallest absolute Gasteiger partial charge is 0.122 e. The minimum Gasteiger partial charge on any atom is -0.468 e. The molecule has 0 saturated carbocycles. The van der Waals surface area contributed by atoms with Crippen molar-refractivity contribution in [3.8, 4) is 0 Å². The summed E-state index contributed by atoms with van der Waals surface area (Å²) in [5.41, 5.74) is 2.45. The molecule has 1 unspecified atom stereocenters. The zero-order chi connectivity index (χ0) is 15.2. The lowest BCUT2D eigenvalue weighted by molar-refractivity contribution is 0.251. The van der Waals surface area contributed by atoms with Crippen LogP contribution in [0.5, 0.6) is 0 Å². The average Bonchev–Trinajstić information content (AvgIpc) is 2.91. The molecule has 0 fully saturated rings. The zero-order valence-corrected chi connectivity index (χ0v) is 13.7. The molecule has 0 saturated heterocycles. The molecule has 2 aromatic rings. The van der Waals surface area contributed by atoms with E-state index in [4.69, 9.17) is 16.0 Å². The highest BCUT2D eigenvalue weighted by Crippen LogP contribution is 2.24. The van der Waals surface area contributed by atoms with Crippen molar-refractivity contribution in [2.24, 2.45) is 0 Å². The van der Waals surface area contributed by atoms with Gasteiger partial charge in [-0.2, -0.15) is 0 Å². The lowest BCUT2D eigenvalue weighted by Crippen LogP contribution is -2.23. The highest BCUT2D eigenvalue weighted by Gasteiger charge is 2.15. The summed E-state index contributed by atoms with van der Waals surface area (Å²) in [5, 5.41) is 4.08. The molecular formula is C17H23ClN2O. The predicted octanol–water partition coefficient (Wildman–Crippen LogP) is 4.24. The standard InChI is InChI=1S/C17H23ClN2O/c1-4-19-11-17-15(8-9-21-17)12-20(3)13(2)14-6-5-7-16(18)10-14/h5-10,13,19H,4,11-12H2,1-3H3. The van der Waals surface area contributed by atoms with Crippen molar-refractivity contribution in [1.82, 2.24) is 10.2 Å². The van der Waals surface area contributed by atoms with Gasteiger partial charge in [0, 0.05) is 23.2 Å². The van der Waals surface area contributed by atoms with Crippen LogP contribution in [0, 0.1) is 0 Å². The van der Waals surface area contributed by atoms with Crippen LogP contribution in [-0.4, -0.2) is 18.5 Å². The summed E-state index contributed by atoms with van der Waals surface area (Å²) >= 11 is 6.08. The molecule has 1 aromatic carbocycles. The van der Waals surface area contributed by atoms with Crippen LogP contribution < -0.4 is 5.32 Å². The van der Waals surface area contributed by atoms with Gasteiger partial charge in [0.1, 0.15) is 5.76 Å². The Morgan fingerprint density at radius 2 is 2.14 bits per heavy atom. The Bertz CT molecular complexity index is 567. The first kappa shape index (κ1) is 16.1. The monoisotopic (exact) mass is 306 g/mol. The fourth-order valence-corrected chi connectivity index (χ4v) is 2.53. The van der Waals surface area contributed by atoms with Crippen LogP contribution in [0.3, 0.4) is 0 Å². The second-order valence-electron chi connectivity index (χ2n) is 5.30. The fraction of sp³-hybridized carbons (Fsp3) is 0.412. The van der Waals surface area contributed by atoms with Gasteiger partial charge in [-0.1, -0.05) is 30.7 Å². The van der Waals surface area contributed by atoms with E-state index < -0.39 is 0 Å². The van der Waals surface area contributed by atoms with Crippen LogP contribution >= 0.6 is 11.6 Å². The van der Waals surface area contributed by atoms with Gasteiger partial charge in [-0.3, -0.25) is 4.90 Å². The van der Waals surface area contributed by atoms with Crippen LogP contribution in [0.2, 0.25) is 5.02 Å². The zero-order valence-electron chi connectivity index (χ0n) is 12.9. The lowest BCUT2D eigenvalue weighted by Gasteiger charge is -2.25. The van der Waals surface area contributed by atoms with E-state index in [9.17, 15) is 0 Å². The van der Waals surface area contributed by atoms with Gasteiger partial charge in [-0.15, -0.1) is 0 Å². The van der Waals surface area contributed by atoms with E-state index in [-0.39, 0.29) is 0 Å². The Morgan fingerprint density at radius 1 is 1.33 bits per heavy atom. The molecule has 0 spiro atoms. The summed E-state index contributed by atoms with van der Waals surface area (Å²) < 4.78 is 5.56. The van der Waals surface area contributed by atoms with Gasteiger partial charge in [0.25, 0.3) is 0 Å². The van der Waals surface area contributed by atoms with Crippen molar-refractivity contribution in [2.45, 2.75) is 33.0 Å². The second kappa shape index (κ2) is 7.64. The summed E-state index contributed by atoms with van der Waals surface area (Å²) in [5.74, 6) is 1.02. The summed E-state index contributed by atoms with van der Waals surface area (Å²) in [6.45, 7) is 6.85. The summed E-state index contributed by atoms with van der Waals surface area (Å²) in [4.78, 5) is 2.30. The Hall–Kier alpha value is -1.29. The summed E-state index contributed by atoms with van der Waals surface area (Å²) in [7, 11) is 2.12. The van der Waals surface area contributed by atoms with E-state index in [1.807, 2.05) is 24.3 Å². The molecule has 0 bridgehead atoms. The maximum Gasteiger partial charge on any atom is 0.122 e. The molecular weight excluding hydrogens is 284 g/mol. The molecule has 0 radical (unpaired) electrons. The molecule has 0 amide bonds. The van der Waals surface area contributed by atoms with E-state index in [0.717, 1.165) is 30.4 Å². The van der Waals surface area contributed by atoms with Crippen molar-refractivity contribution in [1.29, 1.82) is 0 Å². The second-order valence-corrected chi connectivity index (χ2v) is 5.73. The van der Waals surface area contributed by atoms with Crippen molar-refractivity contribution in [3.05, 3.63) is 58.5 Å². The van der Waals surface area contributed by atoms with E-state index >= 15 is 0 Å². The topological polar surface area (TPSA) is 28.4 Å². The van der Waals surface area contributed by atoms with E-state index in [1.54, 1.807) is 6.26 Å². The molecule has 2 rings (SSSR count). The Morgan fingerprint density at radius 3 is 2.86 bits per heavy atom. The van der Waals surface area contributed by atoms with Gasteiger partial charge in [0.15, 0.2) is 0 Å². The highest BCUT2D eigenvalue weighted by atomic mass is 35.5. The number of furan rings is 1. The summed E-state index contributed by atoms with van der Waals surface area (Å²) in [6, 6.07) is 10.4. The number of hydrogen-bond acceptors (Lipinski definition) is 3. The third-order valence-electron chi connectivity index (χ3n) is 3.79. The highest BCUT2D eigenvalue weighted by molar-refractivity contribution is 6.30. The van der Waals surface area contributed by atoms with Crippen molar-refractivity contribution in [2.75, 3.05) is 13.6 Å². The molecule has 21 heavy (non-hydrogen) atoms. The first-order valence-electron chi connectivity index (χ1n) is 7.33. The van der Waals surface area contributed by atoms with Crippen molar-refractivity contribution >= 4 is 11.6 Å². The minimum absolute atomic E-state index is 0.297. The Kier molecular flexibility index (Phi) is 5.85. The van der Waals surface area contributed by atoms with Crippen LogP contribution in [0.1, 0.15) is 36.8 Å². The van der Waals surface area contributed by atoms with Crippen LogP contribution in [-0.2, 0) is 13.1 Å².